The summed E-state index contributed by atoms with van der Waals surface area (Å²) in [5.41, 5.74) is 2.26. The summed E-state index contributed by atoms with van der Waals surface area (Å²) >= 11 is 0. The Morgan fingerprint density at radius 2 is 1.58 bits per heavy atom. The quantitative estimate of drug-likeness (QED) is 0.904. The zero-order chi connectivity index (χ0) is 17.9. The lowest BCUT2D eigenvalue weighted by molar-refractivity contribution is -0.126. The smallest absolute Gasteiger partial charge is 0.241 e. The first kappa shape index (κ1) is 18.0. The highest BCUT2D eigenvalue weighted by Gasteiger charge is 2.22. The Hall–Kier alpha value is -2.34. The van der Waals surface area contributed by atoms with Gasteiger partial charge in [-0.2, -0.15) is 0 Å². The summed E-state index contributed by atoms with van der Waals surface area (Å²) in [6.45, 7) is 3.78. The van der Waals surface area contributed by atoms with Gasteiger partial charge in [0, 0.05) is 14.1 Å². The van der Waals surface area contributed by atoms with E-state index in [1.54, 1.807) is 50.5 Å². The monoisotopic (exact) mass is 346 g/mol. The molecule has 0 saturated carbocycles. The fourth-order valence-corrected chi connectivity index (χ4v) is 3.69. The molecule has 0 saturated heterocycles. The number of carbonyl (C=O) groups is 1. The Morgan fingerprint density at radius 3 is 2.17 bits per heavy atom. The number of sulfone groups is 1. The van der Waals surface area contributed by atoms with Crippen molar-refractivity contribution in [1.82, 2.24) is 4.90 Å². The van der Waals surface area contributed by atoms with Crippen molar-refractivity contribution in [3.05, 3.63) is 53.6 Å². The van der Waals surface area contributed by atoms with Crippen LogP contribution in [0.4, 0.5) is 5.69 Å². The molecule has 128 valence electrons. The van der Waals surface area contributed by atoms with Gasteiger partial charge in [0.2, 0.25) is 15.7 Å². The number of carbonyl (C=O) groups excluding carboxylic acids is 1. The van der Waals surface area contributed by atoms with Gasteiger partial charge >= 0.3 is 0 Å². The zero-order valence-electron chi connectivity index (χ0n) is 14.3. The van der Waals surface area contributed by atoms with Crippen molar-refractivity contribution in [3.63, 3.8) is 0 Å². The highest BCUT2D eigenvalue weighted by atomic mass is 32.2. The lowest BCUT2D eigenvalue weighted by Crippen LogP contribution is -2.29. The molecule has 0 heterocycles. The van der Waals surface area contributed by atoms with E-state index in [0.29, 0.717) is 5.69 Å². The summed E-state index contributed by atoms with van der Waals surface area (Å²) < 4.78 is 25.9. The minimum absolute atomic E-state index is 0.0342. The molecule has 0 unspecified atom stereocenters. The standard InChI is InChI=1S/C18H22N2O3S/c1-13-5-8-15(9-6-13)24(22,23)17-11-14(2)7-10-16(17)19-12-18(21)20(3)4/h5-11,19H,12H2,1-4H3. The molecule has 24 heavy (non-hydrogen) atoms. The van der Waals surface area contributed by atoms with Crippen molar-refractivity contribution < 1.29 is 13.2 Å². The summed E-state index contributed by atoms with van der Waals surface area (Å²) in [7, 11) is -0.353. The maximum Gasteiger partial charge on any atom is 0.241 e. The van der Waals surface area contributed by atoms with Crippen LogP contribution in [0.25, 0.3) is 0 Å². The van der Waals surface area contributed by atoms with Crippen molar-refractivity contribution in [1.29, 1.82) is 0 Å². The molecule has 0 radical (unpaired) electrons. The number of anilines is 1. The van der Waals surface area contributed by atoms with Gasteiger partial charge < -0.3 is 10.2 Å². The summed E-state index contributed by atoms with van der Waals surface area (Å²) in [4.78, 5) is 13.6. The van der Waals surface area contributed by atoms with E-state index < -0.39 is 9.84 Å². The highest BCUT2D eigenvalue weighted by molar-refractivity contribution is 7.91. The molecule has 1 amide bonds. The lowest BCUT2D eigenvalue weighted by Gasteiger charge is -2.15. The van der Waals surface area contributed by atoms with Gasteiger partial charge in [-0.3, -0.25) is 4.79 Å². The number of nitrogens with zero attached hydrogens (tertiary/aromatic N) is 1. The molecule has 0 bridgehead atoms. The second-order valence-electron chi connectivity index (χ2n) is 5.96. The molecule has 0 spiro atoms. The van der Waals surface area contributed by atoms with E-state index in [2.05, 4.69) is 5.32 Å². The van der Waals surface area contributed by atoms with Crippen molar-refractivity contribution in [3.8, 4) is 0 Å². The van der Waals surface area contributed by atoms with Crippen LogP contribution in [-0.2, 0) is 14.6 Å². The average Bonchev–Trinajstić information content (AvgIpc) is 2.53. The molecule has 0 aromatic heterocycles. The molecule has 1 N–H and O–H groups in total. The Morgan fingerprint density at radius 1 is 1.00 bits per heavy atom. The number of aryl methyl sites for hydroxylation is 2. The van der Waals surface area contributed by atoms with Crippen molar-refractivity contribution in [2.24, 2.45) is 0 Å². The summed E-state index contributed by atoms with van der Waals surface area (Å²) in [6, 6.07) is 11.9. The molecule has 0 fully saturated rings. The van der Waals surface area contributed by atoms with Crippen LogP contribution in [-0.4, -0.2) is 39.9 Å². The minimum Gasteiger partial charge on any atom is -0.375 e. The first-order chi connectivity index (χ1) is 11.2. The lowest BCUT2D eigenvalue weighted by atomic mass is 10.2. The number of likely N-dealkylation sites (N-methyl/N-ethyl adjacent to an activating group) is 1. The van der Waals surface area contributed by atoms with Crippen LogP contribution in [0.2, 0.25) is 0 Å². The molecule has 0 aliphatic heterocycles. The molecule has 0 aliphatic carbocycles. The largest absolute Gasteiger partial charge is 0.375 e. The Kier molecular flexibility index (Phi) is 5.29. The van der Waals surface area contributed by atoms with Gasteiger partial charge in [-0.25, -0.2) is 8.42 Å². The molecule has 2 rings (SSSR count). The number of amides is 1. The molecular weight excluding hydrogens is 324 g/mol. The van der Waals surface area contributed by atoms with Crippen molar-refractivity contribution >= 4 is 21.4 Å². The van der Waals surface area contributed by atoms with Gasteiger partial charge in [-0.1, -0.05) is 23.8 Å². The van der Waals surface area contributed by atoms with Gasteiger partial charge in [0.05, 0.1) is 22.0 Å². The summed E-state index contributed by atoms with van der Waals surface area (Å²) in [5, 5.41) is 2.94. The molecule has 0 atom stereocenters. The predicted molar refractivity (Wildman–Crippen MR) is 95.0 cm³/mol. The Balaban J connectivity index is 2.43. The Bertz CT molecular complexity index is 841. The van der Waals surface area contributed by atoms with Crippen LogP contribution in [0.1, 0.15) is 11.1 Å². The van der Waals surface area contributed by atoms with E-state index >= 15 is 0 Å². The highest BCUT2D eigenvalue weighted by Crippen LogP contribution is 2.29. The third kappa shape index (κ3) is 3.94. The summed E-state index contributed by atoms with van der Waals surface area (Å²) in [6.07, 6.45) is 0. The maximum absolute atomic E-state index is 13.0. The SMILES string of the molecule is Cc1ccc(S(=O)(=O)c2cc(C)ccc2NCC(=O)N(C)C)cc1. The second-order valence-corrected chi connectivity index (χ2v) is 7.88. The van der Waals surface area contributed by atoms with Gasteiger partial charge in [-0.05, 0) is 43.7 Å². The van der Waals surface area contributed by atoms with Crippen molar-refractivity contribution in [2.45, 2.75) is 23.6 Å². The van der Waals surface area contributed by atoms with E-state index in [0.717, 1.165) is 11.1 Å². The number of nitrogens with one attached hydrogen (secondary N) is 1. The molecule has 0 aliphatic rings. The summed E-state index contributed by atoms with van der Waals surface area (Å²) in [5.74, 6) is -0.130. The fourth-order valence-electron chi connectivity index (χ4n) is 2.17. The van der Waals surface area contributed by atoms with E-state index in [-0.39, 0.29) is 22.2 Å². The maximum atomic E-state index is 13.0. The topological polar surface area (TPSA) is 66.5 Å². The van der Waals surface area contributed by atoms with Crippen molar-refractivity contribution in [2.75, 3.05) is 26.0 Å². The third-order valence-corrected chi connectivity index (χ3v) is 5.50. The number of hydrogen-bond acceptors (Lipinski definition) is 4. The van der Waals surface area contributed by atoms with Gasteiger partial charge in [-0.15, -0.1) is 0 Å². The van der Waals surface area contributed by atoms with Crippen LogP contribution in [0.5, 0.6) is 0 Å². The molecule has 6 heteroatoms. The first-order valence-corrected chi connectivity index (χ1v) is 9.06. The van der Waals surface area contributed by atoms with E-state index in [1.807, 2.05) is 19.9 Å². The van der Waals surface area contributed by atoms with E-state index in [4.69, 9.17) is 0 Å². The van der Waals surface area contributed by atoms with E-state index in [1.165, 1.54) is 4.90 Å². The predicted octanol–water partition coefficient (Wildman–Crippen LogP) is 2.64. The van der Waals surface area contributed by atoms with Crippen LogP contribution in [0.15, 0.2) is 52.3 Å². The Labute approximate surface area is 143 Å². The first-order valence-electron chi connectivity index (χ1n) is 7.58. The molecule has 2 aromatic rings. The van der Waals surface area contributed by atoms with Crippen LogP contribution in [0.3, 0.4) is 0 Å². The van der Waals surface area contributed by atoms with Gasteiger partial charge in [0.25, 0.3) is 0 Å². The molecular formula is C18H22N2O3S. The fraction of sp³-hybridized carbons (Fsp3) is 0.278. The number of benzene rings is 2. The van der Waals surface area contributed by atoms with Crippen LogP contribution < -0.4 is 5.32 Å². The third-order valence-electron chi connectivity index (χ3n) is 3.69. The van der Waals surface area contributed by atoms with Gasteiger partial charge in [0.15, 0.2) is 0 Å². The zero-order valence-corrected chi connectivity index (χ0v) is 15.1. The van der Waals surface area contributed by atoms with Gasteiger partial charge in [0.1, 0.15) is 0 Å². The number of rotatable bonds is 5. The molecule has 5 nitrogen and oxygen atoms in total. The number of hydrogen-bond donors (Lipinski definition) is 1. The second kappa shape index (κ2) is 7.05. The van der Waals surface area contributed by atoms with Crippen LogP contribution >= 0.6 is 0 Å². The normalized spacial score (nSPS) is 11.2. The average molecular weight is 346 g/mol. The molecule has 2 aromatic carbocycles. The van der Waals surface area contributed by atoms with Crippen LogP contribution in [0, 0.1) is 13.8 Å². The minimum atomic E-state index is -3.66. The van der Waals surface area contributed by atoms with E-state index in [9.17, 15) is 13.2 Å².